The summed E-state index contributed by atoms with van der Waals surface area (Å²) in [6.07, 6.45) is 0. The smallest absolute Gasteiger partial charge is 0.277 e. The average Bonchev–Trinajstić information content (AvgIpc) is 3.41. The predicted molar refractivity (Wildman–Crippen MR) is 114 cm³/mol. The molecule has 0 atom stereocenters. The van der Waals surface area contributed by atoms with Gasteiger partial charge >= 0.3 is 0 Å². The van der Waals surface area contributed by atoms with Gasteiger partial charge in [0.05, 0.1) is 10.7 Å². The number of hydrogen-bond acceptors (Lipinski definition) is 9. The first-order chi connectivity index (χ1) is 14.8. The number of hydrogen-bond donors (Lipinski definition) is 0. The molecule has 4 aromatic rings. The van der Waals surface area contributed by atoms with Crippen LogP contribution in [-0.2, 0) is 11.2 Å². The zero-order chi connectivity index (χ0) is 22.0. The summed E-state index contributed by atoms with van der Waals surface area (Å²) in [7, 11) is 0. The molecule has 0 aliphatic rings. The summed E-state index contributed by atoms with van der Waals surface area (Å²) in [5, 5.41) is 23.2. The molecule has 10 heteroatoms. The first kappa shape index (κ1) is 20.7. The second-order valence-corrected chi connectivity index (χ2v) is 8.73. The topological polar surface area (TPSA) is 121 Å². The fraction of sp³-hybridized carbons (Fsp3) is 0.238. The van der Waals surface area contributed by atoms with Crippen molar-refractivity contribution >= 4 is 17.4 Å². The first-order valence-electron chi connectivity index (χ1n) is 9.44. The summed E-state index contributed by atoms with van der Waals surface area (Å²) >= 11 is 1.29. The van der Waals surface area contributed by atoms with Gasteiger partial charge in [-0.15, -0.1) is 10.2 Å². The van der Waals surface area contributed by atoms with E-state index in [2.05, 4.69) is 53.2 Å². The standard InChI is InChI=1S/C21H19N5O4S/c1-21(2,3)15-8-4-14(5-9-15)19-23-24-20(29-19)31-12-17-22-18(25-30-17)13-6-10-16(11-7-13)26(27)28/h4-11H,12H2,1-3H3. The summed E-state index contributed by atoms with van der Waals surface area (Å²) in [5.74, 6) is 1.54. The number of benzene rings is 2. The Morgan fingerprint density at radius 1 is 1.00 bits per heavy atom. The largest absolute Gasteiger partial charge is 0.411 e. The first-order valence-corrected chi connectivity index (χ1v) is 10.4. The zero-order valence-corrected chi connectivity index (χ0v) is 17.9. The highest BCUT2D eigenvalue weighted by Crippen LogP contribution is 2.28. The number of aromatic nitrogens is 4. The Kier molecular flexibility index (Phi) is 5.55. The van der Waals surface area contributed by atoms with Crippen LogP contribution in [0.5, 0.6) is 0 Å². The van der Waals surface area contributed by atoms with Crippen LogP contribution >= 0.6 is 11.8 Å². The van der Waals surface area contributed by atoms with Crippen molar-refractivity contribution in [2.45, 2.75) is 37.2 Å². The van der Waals surface area contributed by atoms with Crippen LogP contribution in [0.15, 0.2) is 62.7 Å². The van der Waals surface area contributed by atoms with E-state index in [0.717, 1.165) is 5.56 Å². The highest BCUT2D eigenvalue weighted by atomic mass is 32.2. The SMILES string of the molecule is CC(C)(C)c1ccc(-c2nnc(SCc3nc(-c4ccc([N+](=O)[O-])cc4)no3)o2)cc1. The fourth-order valence-corrected chi connectivity index (χ4v) is 3.38. The van der Waals surface area contributed by atoms with Crippen molar-refractivity contribution in [3.05, 3.63) is 70.1 Å². The summed E-state index contributed by atoms with van der Waals surface area (Å²) in [6, 6.07) is 14.0. The Balaban J connectivity index is 1.39. The predicted octanol–water partition coefficient (Wildman–Crippen LogP) is 5.28. The highest BCUT2D eigenvalue weighted by molar-refractivity contribution is 7.98. The third kappa shape index (κ3) is 4.80. The summed E-state index contributed by atoms with van der Waals surface area (Å²) < 4.78 is 11.0. The lowest BCUT2D eigenvalue weighted by atomic mass is 9.87. The molecule has 0 saturated heterocycles. The lowest BCUT2D eigenvalue weighted by Gasteiger charge is -2.18. The van der Waals surface area contributed by atoms with Crippen LogP contribution in [0.3, 0.4) is 0 Å². The molecule has 0 aliphatic heterocycles. The lowest BCUT2D eigenvalue weighted by Crippen LogP contribution is -2.10. The summed E-state index contributed by atoms with van der Waals surface area (Å²) in [5.41, 5.74) is 2.79. The molecule has 2 aromatic heterocycles. The second kappa shape index (κ2) is 8.31. The van der Waals surface area contributed by atoms with Gasteiger partial charge in [0.1, 0.15) is 0 Å². The van der Waals surface area contributed by atoms with E-state index in [1.165, 1.54) is 29.5 Å². The molecule has 31 heavy (non-hydrogen) atoms. The van der Waals surface area contributed by atoms with Crippen LogP contribution in [0.4, 0.5) is 5.69 Å². The van der Waals surface area contributed by atoms with Crippen molar-refractivity contribution in [2.24, 2.45) is 0 Å². The van der Waals surface area contributed by atoms with E-state index in [1.807, 2.05) is 12.1 Å². The molecular formula is C21H19N5O4S. The molecule has 0 radical (unpaired) electrons. The number of non-ortho nitro benzene ring substituents is 1. The molecule has 0 saturated carbocycles. The molecule has 0 aliphatic carbocycles. The summed E-state index contributed by atoms with van der Waals surface area (Å²) in [6.45, 7) is 6.48. The monoisotopic (exact) mass is 437 g/mol. The zero-order valence-electron chi connectivity index (χ0n) is 17.1. The molecule has 0 bridgehead atoms. The van der Waals surface area contributed by atoms with Crippen LogP contribution in [-0.4, -0.2) is 25.3 Å². The van der Waals surface area contributed by atoms with E-state index in [4.69, 9.17) is 8.94 Å². The number of rotatable bonds is 6. The molecule has 0 amide bonds. The number of thioether (sulfide) groups is 1. The normalized spacial score (nSPS) is 11.6. The Morgan fingerprint density at radius 2 is 1.68 bits per heavy atom. The minimum Gasteiger partial charge on any atom is -0.411 e. The van der Waals surface area contributed by atoms with Gasteiger partial charge in [0.25, 0.3) is 10.9 Å². The van der Waals surface area contributed by atoms with Crippen LogP contribution in [0.25, 0.3) is 22.8 Å². The maximum Gasteiger partial charge on any atom is 0.277 e. The number of nitro groups is 1. The maximum absolute atomic E-state index is 10.8. The van der Waals surface area contributed by atoms with Crippen molar-refractivity contribution in [2.75, 3.05) is 0 Å². The molecule has 0 N–H and O–H groups in total. The van der Waals surface area contributed by atoms with Crippen molar-refractivity contribution in [1.82, 2.24) is 20.3 Å². The number of nitrogens with zero attached hydrogens (tertiary/aromatic N) is 5. The van der Waals surface area contributed by atoms with Gasteiger partial charge in [-0.25, -0.2) is 0 Å². The van der Waals surface area contributed by atoms with Crippen molar-refractivity contribution in [3.63, 3.8) is 0 Å². The van der Waals surface area contributed by atoms with E-state index in [1.54, 1.807) is 12.1 Å². The Labute approximate surface area is 182 Å². The lowest BCUT2D eigenvalue weighted by molar-refractivity contribution is -0.384. The fourth-order valence-electron chi connectivity index (χ4n) is 2.78. The Bertz CT molecular complexity index is 1190. The van der Waals surface area contributed by atoms with Gasteiger partial charge in [-0.05, 0) is 35.2 Å². The molecular weight excluding hydrogens is 418 g/mol. The van der Waals surface area contributed by atoms with E-state index in [9.17, 15) is 10.1 Å². The van der Waals surface area contributed by atoms with E-state index in [-0.39, 0.29) is 11.1 Å². The van der Waals surface area contributed by atoms with Crippen LogP contribution < -0.4 is 0 Å². The maximum atomic E-state index is 10.8. The third-order valence-corrected chi connectivity index (χ3v) is 5.33. The van der Waals surface area contributed by atoms with Gasteiger partial charge in [0.2, 0.25) is 17.6 Å². The molecule has 0 fully saturated rings. The molecule has 2 aromatic carbocycles. The molecule has 158 valence electrons. The van der Waals surface area contributed by atoms with Crippen LogP contribution in [0, 0.1) is 10.1 Å². The van der Waals surface area contributed by atoms with Gasteiger partial charge < -0.3 is 8.94 Å². The van der Waals surface area contributed by atoms with E-state index >= 15 is 0 Å². The van der Waals surface area contributed by atoms with Crippen molar-refractivity contribution in [3.8, 4) is 22.8 Å². The molecule has 2 heterocycles. The van der Waals surface area contributed by atoms with Gasteiger partial charge in [-0.1, -0.05) is 49.8 Å². The minimum atomic E-state index is -0.459. The Hall–Kier alpha value is -3.53. The average molecular weight is 437 g/mol. The molecule has 0 spiro atoms. The molecule has 4 rings (SSSR count). The van der Waals surface area contributed by atoms with Gasteiger partial charge in [0, 0.05) is 23.3 Å². The second-order valence-electron chi connectivity index (χ2n) is 7.80. The van der Waals surface area contributed by atoms with E-state index in [0.29, 0.717) is 34.1 Å². The van der Waals surface area contributed by atoms with Crippen molar-refractivity contribution in [1.29, 1.82) is 0 Å². The van der Waals surface area contributed by atoms with Crippen molar-refractivity contribution < 1.29 is 13.9 Å². The molecule has 0 unspecified atom stereocenters. The minimum absolute atomic E-state index is 0.00303. The van der Waals surface area contributed by atoms with Crippen LogP contribution in [0.2, 0.25) is 0 Å². The van der Waals surface area contributed by atoms with Crippen LogP contribution in [0.1, 0.15) is 32.2 Å². The third-order valence-electron chi connectivity index (χ3n) is 4.53. The Morgan fingerprint density at radius 3 is 2.32 bits per heavy atom. The van der Waals surface area contributed by atoms with Gasteiger partial charge in [-0.3, -0.25) is 10.1 Å². The van der Waals surface area contributed by atoms with E-state index < -0.39 is 4.92 Å². The molecule has 9 nitrogen and oxygen atoms in total. The van der Waals surface area contributed by atoms with Gasteiger partial charge in [-0.2, -0.15) is 4.98 Å². The number of nitro benzene ring substituents is 1. The summed E-state index contributed by atoms with van der Waals surface area (Å²) in [4.78, 5) is 14.6. The van der Waals surface area contributed by atoms with Gasteiger partial charge in [0.15, 0.2) is 0 Å². The quantitative estimate of drug-likeness (QED) is 0.225. The highest BCUT2D eigenvalue weighted by Gasteiger charge is 2.16.